The molecule has 142 valence electrons. The van der Waals surface area contributed by atoms with Crippen molar-refractivity contribution in [3.8, 4) is 5.75 Å². The Hall–Kier alpha value is -3.68. The Kier molecular flexibility index (Phi) is 4.52. The van der Waals surface area contributed by atoms with E-state index in [2.05, 4.69) is 15.7 Å². The third-order valence-corrected chi connectivity index (χ3v) is 4.73. The first-order valence-corrected chi connectivity index (χ1v) is 8.79. The van der Waals surface area contributed by atoms with Crippen LogP contribution < -0.4 is 15.4 Å². The number of imide groups is 1. The first-order chi connectivity index (χ1) is 13.5. The molecule has 8 nitrogen and oxygen atoms in total. The van der Waals surface area contributed by atoms with Gasteiger partial charge in [-0.1, -0.05) is 12.1 Å². The maximum Gasteiger partial charge on any atom is 0.259 e. The van der Waals surface area contributed by atoms with Crippen molar-refractivity contribution in [3.05, 3.63) is 59.9 Å². The zero-order valence-electron chi connectivity index (χ0n) is 15.1. The molecule has 0 atom stereocenters. The Morgan fingerprint density at radius 2 is 2.00 bits per heavy atom. The van der Waals surface area contributed by atoms with Crippen LogP contribution in [0.1, 0.15) is 34.7 Å². The number of hydrogen-bond donors (Lipinski definition) is 2. The van der Waals surface area contributed by atoms with E-state index in [1.54, 1.807) is 48.2 Å². The standard InChI is InChI=1S/C20H18N4O4/c1-28-15-5-6-17-16(10-21-24(17)11-15)20(27)22-14-4-2-3-12(7-14)13-8-18(25)23-19(26)9-13/h2-7,10-11,13H,8-9H2,1H3,(H,22,27)(H,23,25,26). The molecule has 3 heterocycles. The molecule has 1 aromatic carbocycles. The number of nitrogens with one attached hydrogen (secondary N) is 2. The van der Waals surface area contributed by atoms with Gasteiger partial charge in [0, 0.05) is 24.4 Å². The van der Waals surface area contributed by atoms with E-state index in [1.807, 2.05) is 6.07 Å². The first-order valence-electron chi connectivity index (χ1n) is 8.79. The van der Waals surface area contributed by atoms with Crippen LogP contribution in [0, 0.1) is 0 Å². The van der Waals surface area contributed by atoms with Crippen molar-refractivity contribution >= 4 is 28.9 Å². The normalized spacial score (nSPS) is 14.8. The molecule has 28 heavy (non-hydrogen) atoms. The Morgan fingerprint density at radius 1 is 1.21 bits per heavy atom. The SMILES string of the molecule is COc1ccc2c(C(=O)Nc3cccc(C4CC(=O)NC(=O)C4)c3)cnn2c1. The number of carbonyl (C=O) groups excluding carboxylic acids is 3. The molecule has 3 aromatic rings. The van der Waals surface area contributed by atoms with Gasteiger partial charge in [0.15, 0.2) is 0 Å². The smallest absolute Gasteiger partial charge is 0.259 e. The molecule has 2 N–H and O–H groups in total. The monoisotopic (exact) mass is 378 g/mol. The topological polar surface area (TPSA) is 102 Å². The molecule has 0 aliphatic carbocycles. The number of fused-ring (bicyclic) bond motifs is 1. The van der Waals surface area contributed by atoms with E-state index in [-0.39, 0.29) is 36.5 Å². The van der Waals surface area contributed by atoms with Crippen LogP contribution in [0.15, 0.2) is 48.8 Å². The summed E-state index contributed by atoms with van der Waals surface area (Å²) < 4.78 is 6.74. The average Bonchev–Trinajstić information content (AvgIpc) is 3.10. The zero-order chi connectivity index (χ0) is 19.7. The summed E-state index contributed by atoms with van der Waals surface area (Å²) in [6.07, 6.45) is 3.69. The van der Waals surface area contributed by atoms with E-state index >= 15 is 0 Å². The maximum absolute atomic E-state index is 12.7. The first kappa shape index (κ1) is 17.7. The molecular formula is C20H18N4O4. The summed E-state index contributed by atoms with van der Waals surface area (Å²) in [5, 5.41) is 9.35. The number of carbonyl (C=O) groups is 3. The summed E-state index contributed by atoms with van der Waals surface area (Å²) in [7, 11) is 1.56. The van der Waals surface area contributed by atoms with E-state index < -0.39 is 0 Å². The second-order valence-corrected chi connectivity index (χ2v) is 6.61. The summed E-state index contributed by atoms with van der Waals surface area (Å²) in [5.74, 6) is -0.409. The second-order valence-electron chi connectivity index (χ2n) is 6.61. The molecule has 0 radical (unpaired) electrons. The number of benzene rings is 1. The maximum atomic E-state index is 12.7. The minimum absolute atomic E-state index is 0.192. The van der Waals surface area contributed by atoms with Crippen LogP contribution in [-0.4, -0.2) is 34.4 Å². The molecule has 8 heteroatoms. The van der Waals surface area contributed by atoms with Crippen LogP contribution in [-0.2, 0) is 9.59 Å². The summed E-state index contributed by atoms with van der Waals surface area (Å²) in [6.45, 7) is 0. The van der Waals surface area contributed by atoms with Crippen molar-refractivity contribution < 1.29 is 19.1 Å². The second kappa shape index (κ2) is 7.15. The van der Waals surface area contributed by atoms with Crippen LogP contribution in [0.4, 0.5) is 5.69 Å². The number of amides is 3. The predicted octanol–water partition coefficient (Wildman–Crippen LogP) is 2.12. The average molecular weight is 378 g/mol. The summed E-state index contributed by atoms with van der Waals surface area (Å²) in [5.41, 5.74) is 2.52. The highest BCUT2D eigenvalue weighted by molar-refractivity contribution is 6.08. The number of hydrogen-bond acceptors (Lipinski definition) is 5. The summed E-state index contributed by atoms with van der Waals surface area (Å²) in [4.78, 5) is 36.0. The van der Waals surface area contributed by atoms with Crippen molar-refractivity contribution in [2.24, 2.45) is 0 Å². The third-order valence-electron chi connectivity index (χ3n) is 4.73. The highest BCUT2D eigenvalue weighted by atomic mass is 16.5. The van der Waals surface area contributed by atoms with E-state index in [0.29, 0.717) is 22.5 Å². The van der Waals surface area contributed by atoms with Gasteiger partial charge in [0.25, 0.3) is 5.91 Å². The highest BCUT2D eigenvalue weighted by Gasteiger charge is 2.26. The third kappa shape index (κ3) is 3.44. The lowest BCUT2D eigenvalue weighted by atomic mass is 9.89. The molecule has 0 unspecified atom stereocenters. The number of rotatable bonds is 4. The van der Waals surface area contributed by atoms with Gasteiger partial charge >= 0.3 is 0 Å². The molecule has 4 rings (SSSR count). The van der Waals surface area contributed by atoms with Gasteiger partial charge in [-0.15, -0.1) is 0 Å². The fourth-order valence-electron chi connectivity index (χ4n) is 3.34. The molecule has 1 saturated heterocycles. The Morgan fingerprint density at radius 3 is 2.75 bits per heavy atom. The fourth-order valence-corrected chi connectivity index (χ4v) is 3.34. The van der Waals surface area contributed by atoms with Gasteiger partial charge in [0.2, 0.25) is 11.8 Å². The van der Waals surface area contributed by atoms with Crippen LogP contribution in [0.25, 0.3) is 5.52 Å². The van der Waals surface area contributed by atoms with Crippen molar-refractivity contribution in [3.63, 3.8) is 0 Å². The predicted molar refractivity (Wildman–Crippen MR) is 101 cm³/mol. The van der Waals surface area contributed by atoms with Crippen molar-refractivity contribution in [2.45, 2.75) is 18.8 Å². The number of anilines is 1. The minimum atomic E-state index is -0.296. The molecule has 2 aromatic heterocycles. The van der Waals surface area contributed by atoms with Gasteiger partial charge in [0.1, 0.15) is 5.75 Å². The van der Waals surface area contributed by atoms with Gasteiger partial charge in [-0.25, -0.2) is 4.52 Å². The molecular weight excluding hydrogens is 360 g/mol. The van der Waals surface area contributed by atoms with E-state index in [9.17, 15) is 14.4 Å². The minimum Gasteiger partial charge on any atom is -0.495 e. The van der Waals surface area contributed by atoms with Crippen LogP contribution in [0.5, 0.6) is 5.75 Å². The lowest BCUT2D eigenvalue weighted by molar-refractivity contribution is -0.133. The van der Waals surface area contributed by atoms with Crippen molar-refractivity contribution in [1.29, 1.82) is 0 Å². The van der Waals surface area contributed by atoms with Crippen LogP contribution >= 0.6 is 0 Å². The largest absolute Gasteiger partial charge is 0.495 e. The Labute approximate surface area is 160 Å². The van der Waals surface area contributed by atoms with Gasteiger partial charge in [-0.2, -0.15) is 5.10 Å². The Balaban J connectivity index is 1.55. The number of pyridine rings is 1. The van der Waals surface area contributed by atoms with E-state index in [1.165, 1.54) is 6.20 Å². The molecule has 0 spiro atoms. The summed E-state index contributed by atoms with van der Waals surface area (Å²) in [6, 6.07) is 10.7. The summed E-state index contributed by atoms with van der Waals surface area (Å²) >= 11 is 0. The molecule has 1 aliphatic rings. The quantitative estimate of drug-likeness (QED) is 0.677. The lowest BCUT2D eigenvalue weighted by Crippen LogP contribution is -2.37. The van der Waals surface area contributed by atoms with Gasteiger partial charge < -0.3 is 10.1 Å². The molecule has 0 bridgehead atoms. The van der Waals surface area contributed by atoms with Crippen LogP contribution in [0.2, 0.25) is 0 Å². The van der Waals surface area contributed by atoms with Crippen molar-refractivity contribution in [1.82, 2.24) is 14.9 Å². The number of aromatic nitrogens is 2. The number of ether oxygens (including phenoxy) is 1. The van der Waals surface area contributed by atoms with Crippen LogP contribution in [0.3, 0.4) is 0 Å². The molecule has 3 amide bonds. The highest BCUT2D eigenvalue weighted by Crippen LogP contribution is 2.28. The molecule has 1 aliphatic heterocycles. The van der Waals surface area contributed by atoms with Gasteiger partial charge in [-0.05, 0) is 29.8 Å². The molecule has 0 saturated carbocycles. The number of nitrogens with zero attached hydrogens (tertiary/aromatic N) is 2. The Bertz CT molecular complexity index is 1070. The van der Waals surface area contributed by atoms with E-state index in [4.69, 9.17) is 4.74 Å². The molecule has 1 fully saturated rings. The zero-order valence-corrected chi connectivity index (χ0v) is 15.1. The van der Waals surface area contributed by atoms with E-state index in [0.717, 1.165) is 5.56 Å². The number of methoxy groups -OCH3 is 1. The van der Waals surface area contributed by atoms with Crippen molar-refractivity contribution in [2.75, 3.05) is 12.4 Å². The van der Waals surface area contributed by atoms with Gasteiger partial charge in [-0.3, -0.25) is 19.7 Å². The van der Waals surface area contributed by atoms with Gasteiger partial charge in [0.05, 0.1) is 30.6 Å². The number of piperidine rings is 1. The lowest BCUT2D eigenvalue weighted by Gasteiger charge is -2.21. The fraction of sp³-hybridized carbons (Fsp3) is 0.200.